The molecule has 2 N–H and O–H groups in total. The molecule has 0 aromatic heterocycles. The van der Waals surface area contributed by atoms with Gasteiger partial charge in [-0.1, -0.05) is 31.9 Å². The topological polar surface area (TPSA) is 29.3 Å². The largest absolute Gasteiger partial charge is 0.324 e. The van der Waals surface area contributed by atoms with Gasteiger partial charge in [-0.3, -0.25) is 0 Å². The lowest BCUT2D eigenvalue weighted by atomic mass is 10.0. The SMILES string of the molecule is CCC1CCCCCN1CCC(N)c1ccc(C)c(F)c1. The Kier molecular flexibility index (Phi) is 6.19. The summed E-state index contributed by atoms with van der Waals surface area (Å²) in [7, 11) is 0. The van der Waals surface area contributed by atoms with E-state index in [0.29, 0.717) is 11.6 Å². The van der Waals surface area contributed by atoms with Gasteiger partial charge in [0.25, 0.3) is 0 Å². The van der Waals surface area contributed by atoms with E-state index in [1.165, 1.54) is 38.6 Å². The molecule has 0 saturated carbocycles. The van der Waals surface area contributed by atoms with Gasteiger partial charge in [0.05, 0.1) is 0 Å². The smallest absolute Gasteiger partial charge is 0.126 e. The minimum Gasteiger partial charge on any atom is -0.324 e. The second-order valence-corrected chi connectivity index (χ2v) is 6.35. The van der Waals surface area contributed by atoms with Crippen LogP contribution < -0.4 is 5.73 Å². The van der Waals surface area contributed by atoms with Crippen molar-refractivity contribution in [3.05, 3.63) is 35.1 Å². The van der Waals surface area contributed by atoms with Crippen LogP contribution in [-0.4, -0.2) is 24.0 Å². The molecule has 1 heterocycles. The van der Waals surface area contributed by atoms with Gasteiger partial charge in [-0.25, -0.2) is 4.39 Å². The first kappa shape index (κ1) is 16.4. The molecule has 1 aromatic carbocycles. The molecule has 2 rings (SSSR count). The van der Waals surface area contributed by atoms with Crippen LogP contribution in [0.25, 0.3) is 0 Å². The molecule has 0 spiro atoms. The lowest BCUT2D eigenvalue weighted by molar-refractivity contribution is 0.188. The summed E-state index contributed by atoms with van der Waals surface area (Å²) in [6.45, 7) is 6.27. The van der Waals surface area contributed by atoms with Crippen LogP contribution in [0.5, 0.6) is 0 Å². The van der Waals surface area contributed by atoms with Crippen LogP contribution >= 0.6 is 0 Å². The normalized spacial score (nSPS) is 22.0. The van der Waals surface area contributed by atoms with Crippen molar-refractivity contribution in [1.29, 1.82) is 0 Å². The number of rotatable bonds is 5. The Morgan fingerprint density at radius 1 is 1.33 bits per heavy atom. The van der Waals surface area contributed by atoms with Gasteiger partial charge < -0.3 is 10.6 Å². The summed E-state index contributed by atoms with van der Waals surface area (Å²) >= 11 is 0. The second kappa shape index (κ2) is 7.90. The standard InChI is InChI=1S/C18H29FN2/c1-3-16-7-5-4-6-11-21(16)12-10-18(20)15-9-8-14(2)17(19)13-15/h8-9,13,16,18H,3-7,10-12,20H2,1-2H3. The predicted molar refractivity (Wildman–Crippen MR) is 86.8 cm³/mol. The van der Waals surface area contributed by atoms with Crippen LogP contribution in [0.1, 0.15) is 62.6 Å². The Morgan fingerprint density at radius 3 is 2.86 bits per heavy atom. The van der Waals surface area contributed by atoms with Crippen LogP contribution in [0.15, 0.2) is 18.2 Å². The first-order valence-electron chi connectivity index (χ1n) is 8.37. The zero-order valence-corrected chi connectivity index (χ0v) is 13.4. The second-order valence-electron chi connectivity index (χ2n) is 6.35. The molecule has 0 radical (unpaired) electrons. The predicted octanol–water partition coefficient (Wildman–Crippen LogP) is 4.18. The fourth-order valence-corrected chi connectivity index (χ4v) is 3.30. The fourth-order valence-electron chi connectivity index (χ4n) is 3.30. The molecule has 0 bridgehead atoms. The first-order valence-corrected chi connectivity index (χ1v) is 8.37. The molecule has 3 heteroatoms. The van der Waals surface area contributed by atoms with Gasteiger partial charge in [0.15, 0.2) is 0 Å². The molecule has 21 heavy (non-hydrogen) atoms. The van der Waals surface area contributed by atoms with Gasteiger partial charge in [-0.05, 0) is 56.3 Å². The quantitative estimate of drug-likeness (QED) is 0.882. The molecule has 1 aliphatic rings. The number of aryl methyl sites for hydroxylation is 1. The summed E-state index contributed by atoms with van der Waals surface area (Å²) in [5, 5.41) is 0. The molecule has 1 fully saturated rings. The number of hydrogen-bond donors (Lipinski definition) is 1. The Bertz CT molecular complexity index is 447. The molecule has 2 unspecified atom stereocenters. The Labute approximate surface area is 128 Å². The van der Waals surface area contributed by atoms with Crippen molar-refractivity contribution in [1.82, 2.24) is 4.90 Å². The van der Waals surface area contributed by atoms with E-state index in [0.717, 1.165) is 18.5 Å². The maximum absolute atomic E-state index is 13.6. The highest BCUT2D eigenvalue weighted by atomic mass is 19.1. The zero-order chi connectivity index (χ0) is 15.2. The molecule has 2 atom stereocenters. The van der Waals surface area contributed by atoms with Crippen LogP contribution in [-0.2, 0) is 0 Å². The first-order chi connectivity index (χ1) is 10.1. The molecular weight excluding hydrogens is 263 g/mol. The van der Waals surface area contributed by atoms with Crippen molar-refractivity contribution in [2.75, 3.05) is 13.1 Å². The molecule has 118 valence electrons. The van der Waals surface area contributed by atoms with E-state index in [1.807, 2.05) is 12.1 Å². The van der Waals surface area contributed by atoms with Crippen LogP contribution in [0, 0.1) is 12.7 Å². The number of likely N-dealkylation sites (tertiary alicyclic amines) is 1. The summed E-state index contributed by atoms with van der Waals surface area (Å²) in [5.41, 5.74) is 7.87. The summed E-state index contributed by atoms with van der Waals surface area (Å²) in [5.74, 6) is -0.149. The highest BCUT2D eigenvalue weighted by Crippen LogP contribution is 2.22. The van der Waals surface area contributed by atoms with E-state index in [1.54, 1.807) is 13.0 Å². The maximum atomic E-state index is 13.6. The van der Waals surface area contributed by atoms with Crippen LogP contribution in [0.4, 0.5) is 4.39 Å². The molecular formula is C18H29FN2. The molecule has 0 amide bonds. The number of hydrogen-bond acceptors (Lipinski definition) is 2. The van der Waals surface area contributed by atoms with Crippen LogP contribution in [0.2, 0.25) is 0 Å². The maximum Gasteiger partial charge on any atom is 0.126 e. The molecule has 1 saturated heterocycles. The minimum absolute atomic E-state index is 0.0686. The Morgan fingerprint density at radius 2 is 2.14 bits per heavy atom. The van der Waals surface area contributed by atoms with Crippen molar-refractivity contribution >= 4 is 0 Å². The van der Waals surface area contributed by atoms with Crippen molar-refractivity contribution in [3.63, 3.8) is 0 Å². The zero-order valence-electron chi connectivity index (χ0n) is 13.4. The van der Waals surface area contributed by atoms with Gasteiger partial charge in [-0.2, -0.15) is 0 Å². The third kappa shape index (κ3) is 4.52. The number of halogens is 1. The van der Waals surface area contributed by atoms with Crippen molar-refractivity contribution < 1.29 is 4.39 Å². The number of nitrogens with zero attached hydrogens (tertiary/aromatic N) is 1. The molecule has 0 aliphatic carbocycles. The Balaban J connectivity index is 1.92. The lowest BCUT2D eigenvalue weighted by Crippen LogP contribution is -2.36. The van der Waals surface area contributed by atoms with Gasteiger partial charge in [0.1, 0.15) is 5.82 Å². The molecule has 1 aromatic rings. The number of benzene rings is 1. The van der Waals surface area contributed by atoms with E-state index in [-0.39, 0.29) is 11.9 Å². The average molecular weight is 292 g/mol. The lowest BCUT2D eigenvalue weighted by Gasteiger charge is -2.30. The van der Waals surface area contributed by atoms with Gasteiger partial charge in [-0.15, -0.1) is 0 Å². The average Bonchev–Trinajstić information content (AvgIpc) is 2.72. The number of nitrogens with two attached hydrogens (primary N) is 1. The van der Waals surface area contributed by atoms with E-state index in [9.17, 15) is 4.39 Å². The summed E-state index contributed by atoms with van der Waals surface area (Å²) < 4.78 is 13.6. The Hall–Kier alpha value is -0.930. The van der Waals surface area contributed by atoms with Gasteiger partial charge >= 0.3 is 0 Å². The van der Waals surface area contributed by atoms with E-state index >= 15 is 0 Å². The fraction of sp³-hybridized carbons (Fsp3) is 0.667. The van der Waals surface area contributed by atoms with Crippen molar-refractivity contribution in [2.45, 2.75) is 64.5 Å². The highest BCUT2D eigenvalue weighted by Gasteiger charge is 2.20. The van der Waals surface area contributed by atoms with Gasteiger partial charge in [0.2, 0.25) is 0 Å². The van der Waals surface area contributed by atoms with E-state index in [4.69, 9.17) is 5.73 Å². The third-order valence-corrected chi connectivity index (χ3v) is 4.82. The van der Waals surface area contributed by atoms with E-state index < -0.39 is 0 Å². The monoisotopic (exact) mass is 292 g/mol. The summed E-state index contributed by atoms with van der Waals surface area (Å²) in [6.07, 6.45) is 7.43. The third-order valence-electron chi connectivity index (χ3n) is 4.82. The van der Waals surface area contributed by atoms with Crippen molar-refractivity contribution in [3.8, 4) is 0 Å². The van der Waals surface area contributed by atoms with E-state index in [2.05, 4.69) is 11.8 Å². The van der Waals surface area contributed by atoms with Crippen LogP contribution in [0.3, 0.4) is 0 Å². The minimum atomic E-state index is -0.149. The van der Waals surface area contributed by atoms with Crippen molar-refractivity contribution in [2.24, 2.45) is 5.73 Å². The summed E-state index contributed by atoms with van der Waals surface area (Å²) in [6, 6.07) is 6.02. The molecule has 2 nitrogen and oxygen atoms in total. The molecule has 1 aliphatic heterocycles. The summed E-state index contributed by atoms with van der Waals surface area (Å²) in [4.78, 5) is 2.59. The van der Waals surface area contributed by atoms with Gasteiger partial charge in [0, 0.05) is 18.6 Å². The highest BCUT2D eigenvalue weighted by molar-refractivity contribution is 5.25.